The van der Waals surface area contributed by atoms with Crippen molar-refractivity contribution in [2.45, 2.75) is 70.8 Å². The van der Waals surface area contributed by atoms with Crippen molar-refractivity contribution in [1.29, 1.82) is 0 Å². The summed E-state index contributed by atoms with van der Waals surface area (Å²) < 4.78 is 5.36. The lowest BCUT2D eigenvalue weighted by atomic mass is 9.88. The number of aryl methyl sites for hydroxylation is 1. The Balaban J connectivity index is 1.69. The van der Waals surface area contributed by atoms with Crippen LogP contribution in [0, 0.1) is 5.92 Å². The first-order valence-corrected chi connectivity index (χ1v) is 8.02. The van der Waals surface area contributed by atoms with Gasteiger partial charge in [0, 0.05) is 18.0 Å². The summed E-state index contributed by atoms with van der Waals surface area (Å²) >= 11 is 0. The molecule has 1 aromatic heterocycles. The van der Waals surface area contributed by atoms with Crippen LogP contribution in [0.25, 0.3) is 0 Å². The van der Waals surface area contributed by atoms with Gasteiger partial charge in [0.15, 0.2) is 5.69 Å². The van der Waals surface area contributed by atoms with Crippen LogP contribution in [0.3, 0.4) is 0 Å². The van der Waals surface area contributed by atoms with Crippen molar-refractivity contribution in [3.63, 3.8) is 0 Å². The Kier molecular flexibility index (Phi) is 4.08. The third-order valence-corrected chi connectivity index (χ3v) is 4.69. The van der Waals surface area contributed by atoms with Crippen LogP contribution in [-0.4, -0.2) is 17.1 Å². The average Bonchev–Trinajstić information content (AvgIpc) is 2.67. The van der Waals surface area contributed by atoms with Crippen molar-refractivity contribution in [2.24, 2.45) is 5.92 Å². The van der Waals surface area contributed by atoms with Crippen molar-refractivity contribution >= 4 is 5.91 Å². The summed E-state index contributed by atoms with van der Waals surface area (Å²) in [5, 5.41) is 7.20. The molecule has 110 valence electrons. The Morgan fingerprint density at radius 1 is 1.20 bits per heavy atom. The molecule has 3 rings (SSSR count). The van der Waals surface area contributed by atoms with Gasteiger partial charge in [-0.3, -0.25) is 4.79 Å². The summed E-state index contributed by atoms with van der Waals surface area (Å²) in [5.41, 5.74) is 1.59. The molecule has 2 aliphatic rings. The number of hydrogen-bond acceptors (Lipinski definition) is 3. The van der Waals surface area contributed by atoms with Gasteiger partial charge in [-0.15, -0.1) is 0 Å². The molecule has 1 heterocycles. The predicted octanol–water partition coefficient (Wildman–Crippen LogP) is 3.25. The van der Waals surface area contributed by atoms with Gasteiger partial charge in [0.05, 0.1) is 0 Å². The van der Waals surface area contributed by atoms with Gasteiger partial charge < -0.3 is 9.84 Å². The molecule has 0 aliphatic heterocycles. The topological polar surface area (TPSA) is 55.1 Å². The van der Waals surface area contributed by atoms with Gasteiger partial charge in [-0.05, 0) is 31.6 Å². The Labute approximate surface area is 120 Å². The SMILES string of the molecule is C[C@@H]1CCc2onc(C(=O)NC3CCCCCC3)c2C1. The minimum atomic E-state index is -0.0315. The van der Waals surface area contributed by atoms with Crippen molar-refractivity contribution in [2.75, 3.05) is 0 Å². The van der Waals surface area contributed by atoms with Gasteiger partial charge in [0.25, 0.3) is 5.91 Å². The summed E-state index contributed by atoms with van der Waals surface area (Å²) in [6, 6.07) is 0.318. The van der Waals surface area contributed by atoms with Crippen LogP contribution >= 0.6 is 0 Å². The molecule has 1 fully saturated rings. The summed E-state index contributed by atoms with van der Waals surface area (Å²) in [6.45, 7) is 2.23. The second kappa shape index (κ2) is 5.98. The smallest absolute Gasteiger partial charge is 0.273 e. The summed E-state index contributed by atoms with van der Waals surface area (Å²) in [6.07, 6.45) is 10.2. The van der Waals surface area contributed by atoms with E-state index in [0.717, 1.165) is 43.4 Å². The number of amides is 1. The highest BCUT2D eigenvalue weighted by Crippen LogP contribution is 2.28. The maximum atomic E-state index is 12.4. The zero-order valence-corrected chi connectivity index (χ0v) is 12.3. The molecule has 1 atom stereocenters. The maximum Gasteiger partial charge on any atom is 0.273 e. The number of aromatic nitrogens is 1. The molecule has 0 spiro atoms. The fraction of sp³-hybridized carbons (Fsp3) is 0.750. The second-order valence-corrected chi connectivity index (χ2v) is 6.44. The van der Waals surface area contributed by atoms with E-state index in [4.69, 9.17) is 4.52 Å². The predicted molar refractivity (Wildman–Crippen MR) is 76.6 cm³/mol. The van der Waals surface area contributed by atoms with Crippen molar-refractivity contribution in [3.05, 3.63) is 17.0 Å². The van der Waals surface area contributed by atoms with Crippen LogP contribution in [-0.2, 0) is 12.8 Å². The molecule has 0 aromatic carbocycles. The van der Waals surface area contributed by atoms with Gasteiger partial charge in [0.1, 0.15) is 5.76 Å². The summed E-state index contributed by atoms with van der Waals surface area (Å²) in [7, 11) is 0. The lowest BCUT2D eigenvalue weighted by Gasteiger charge is -2.18. The molecule has 0 bridgehead atoms. The van der Waals surface area contributed by atoms with Gasteiger partial charge in [-0.25, -0.2) is 0 Å². The first-order chi connectivity index (χ1) is 9.74. The zero-order valence-electron chi connectivity index (χ0n) is 12.3. The van der Waals surface area contributed by atoms with Gasteiger partial charge in [0.2, 0.25) is 0 Å². The molecule has 0 radical (unpaired) electrons. The van der Waals surface area contributed by atoms with Gasteiger partial charge in [-0.1, -0.05) is 37.8 Å². The second-order valence-electron chi connectivity index (χ2n) is 6.44. The first-order valence-electron chi connectivity index (χ1n) is 8.02. The van der Waals surface area contributed by atoms with Crippen LogP contribution in [0.1, 0.15) is 73.7 Å². The highest BCUT2D eigenvalue weighted by Gasteiger charge is 2.28. The lowest BCUT2D eigenvalue weighted by Crippen LogP contribution is -2.35. The Morgan fingerprint density at radius 3 is 2.70 bits per heavy atom. The minimum Gasteiger partial charge on any atom is -0.360 e. The summed E-state index contributed by atoms with van der Waals surface area (Å²) in [5.74, 6) is 1.51. The molecule has 1 amide bonds. The standard InChI is InChI=1S/C16H24N2O2/c1-11-8-9-14-13(10-11)15(18-20-14)16(19)17-12-6-4-2-3-5-7-12/h11-12H,2-10H2,1H3,(H,17,19)/t11-/m1/s1. The summed E-state index contributed by atoms with van der Waals surface area (Å²) in [4.78, 5) is 12.4. The van der Waals surface area contributed by atoms with E-state index in [1.807, 2.05) is 0 Å². The number of fused-ring (bicyclic) bond motifs is 1. The molecular formula is C16H24N2O2. The molecule has 20 heavy (non-hydrogen) atoms. The van der Waals surface area contributed by atoms with E-state index in [9.17, 15) is 4.79 Å². The van der Waals surface area contributed by atoms with Crippen LogP contribution in [0.4, 0.5) is 0 Å². The molecule has 4 nitrogen and oxygen atoms in total. The van der Waals surface area contributed by atoms with E-state index >= 15 is 0 Å². The number of nitrogens with one attached hydrogen (secondary N) is 1. The van der Waals surface area contributed by atoms with E-state index in [0.29, 0.717) is 17.7 Å². The molecule has 1 N–H and O–H groups in total. The molecule has 1 saturated carbocycles. The highest BCUT2D eigenvalue weighted by molar-refractivity contribution is 5.94. The Hall–Kier alpha value is -1.32. The Bertz CT molecular complexity index is 473. The van der Waals surface area contributed by atoms with Gasteiger partial charge in [-0.2, -0.15) is 0 Å². The third-order valence-electron chi connectivity index (χ3n) is 4.69. The number of carbonyl (C=O) groups is 1. The molecule has 2 aliphatic carbocycles. The quantitative estimate of drug-likeness (QED) is 0.844. The maximum absolute atomic E-state index is 12.4. The molecule has 4 heteroatoms. The zero-order chi connectivity index (χ0) is 13.9. The normalized spacial score (nSPS) is 23.9. The van der Waals surface area contributed by atoms with E-state index in [2.05, 4.69) is 17.4 Å². The van der Waals surface area contributed by atoms with Gasteiger partial charge >= 0.3 is 0 Å². The molecule has 1 aromatic rings. The Morgan fingerprint density at radius 2 is 1.95 bits per heavy atom. The van der Waals surface area contributed by atoms with Crippen LogP contribution < -0.4 is 5.32 Å². The number of rotatable bonds is 2. The van der Waals surface area contributed by atoms with Crippen LogP contribution in [0.15, 0.2) is 4.52 Å². The average molecular weight is 276 g/mol. The van der Waals surface area contributed by atoms with Crippen molar-refractivity contribution in [3.8, 4) is 0 Å². The minimum absolute atomic E-state index is 0.0315. The van der Waals surface area contributed by atoms with Crippen LogP contribution in [0.2, 0.25) is 0 Å². The number of carbonyl (C=O) groups excluding carboxylic acids is 1. The van der Waals surface area contributed by atoms with Crippen molar-refractivity contribution in [1.82, 2.24) is 10.5 Å². The third kappa shape index (κ3) is 2.89. The van der Waals surface area contributed by atoms with E-state index in [-0.39, 0.29) is 5.91 Å². The fourth-order valence-corrected chi connectivity index (χ4v) is 3.43. The largest absolute Gasteiger partial charge is 0.360 e. The van der Waals surface area contributed by atoms with E-state index < -0.39 is 0 Å². The van der Waals surface area contributed by atoms with E-state index in [1.54, 1.807) is 0 Å². The number of hydrogen-bond donors (Lipinski definition) is 1. The molecule has 0 saturated heterocycles. The molecular weight excluding hydrogens is 252 g/mol. The first kappa shape index (κ1) is 13.7. The highest BCUT2D eigenvalue weighted by atomic mass is 16.5. The van der Waals surface area contributed by atoms with Crippen LogP contribution in [0.5, 0.6) is 0 Å². The lowest BCUT2D eigenvalue weighted by molar-refractivity contribution is 0.0923. The van der Waals surface area contributed by atoms with Crippen molar-refractivity contribution < 1.29 is 9.32 Å². The van der Waals surface area contributed by atoms with E-state index in [1.165, 1.54) is 25.7 Å². The fourth-order valence-electron chi connectivity index (χ4n) is 3.43. The number of nitrogens with zero attached hydrogens (tertiary/aromatic N) is 1. The monoisotopic (exact) mass is 276 g/mol. The molecule has 0 unspecified atom stereocenters.